The van der Waals surface area contributed by atoms with Crippen molar-refractivity contribution < 1.29 is 14.6 Å². The molecular weight excluding hydrogens is 230 g/mol. The maximum Gasteiger partial charge on any atom is 0.412 e. The predicted molar refractivity (Wildman–Crippen MR) is 68.4 cm³/mol. The zero-order chi connectivity index (χ0) is 12.8. The van der Waals surface area contributed by atoms with Gasteiger partial charge in [0.2, 0.25) is 0 Å². The number of carbonyl (C=O) groups is 1. The van der Waals surface area contributed by atoms with Crippen LogP contribution in [0.5, 0.6) is 5.75 Å². The number of aliphatic hydroxyl groups excluding tert-OH is 1. The van der Waals surface area contributed by atoms with Crippen molar-refractivity contribution in [3.8, 4) is 5.75 Å². The molecule has 0 bridgehead atoms. The highest BCUT2D eigenvalue weighted by Gasteiger charge is 2.26. The predicted octanol–water partition coefficient (Wildman–Crippen LogP) is 2.33. The van der Waals surface area contributed by atoms with E-state index in [9.17, 15) is 9.90 Å². The van der Waals surface area contributed by atoms with Crippen LogP contribution < -0.4 is 10.1 Å². The van der Waals surface area contributed by atoms with Gasteiger partial charge in [0.05, 0.1) is 0 Å². The minimum Gasteiger partial charge on any atom is -0.410 e. The third-order valence-corrected chi connectivity index (χ3v) is 3.40. The van der Waals surface area contributed by atoms with Gasteiger partial charge in [0.15, 0.2) is 0 Å². The fraction of sp³-hybridized carbons (Fsp3) is 0.500. The molecule has 1 aromatic rings. The minimum atomic E-state index is -0.438. The van der Waals surface area contributed by atoms with Crippen LogP contribution in [0.4, 0.5) is 4.79 Å². The number of rotatable bonds is 3. The number of carbonyl (C=O) groups excluding carboxylic acids is 1. The lowest BCUT2D eigenvalue weighted by Gasteiger charge is -2.30. The summed E-state index contributed by atoms with van der Waals surface area (Å²) in [7, 11) is 0. The topological polar surface area (TPSA) is 58.6 Å². The Morgan fingerprint density at radius 2 is 2.00 bits per heavy atom. The number of aliphatic hydroxyl groups is 1. The Morgan fingerprint density at radius 1 is 1.28 bits per heavy atom. The first-order chi connectivity index (χ1) is 8.79. The SMILES string of the molecule is O=C(NC1CCCCC1CO)Oc1ccccc1. The van der Waals surface area contributed by atoms with Crippen LogP contribution in [0.25, 0.3) is 0 Å². The molecule has 98 valence electrons. The molecule has 18 heavy (non-hydrogen) atoms. The Hall–Kier alpha value is -1.55. The van der Waals surface area contributed by atoms with E-state index in [0.717, 1.165) is 25.7 Å². The van der Waals surface area contributed by atoms with Gasteiger partial charge in [0.25, 0.3) is 0 Å². The maximum absolute atomic E-state index is 11.7. The van der Waals surface area contributed by atoms with Crippen molar-refractivity contribution in [1.29, 1.82) is 0 Å². The van der Waals surface area contributed by atoms with Crippen LogP contribution in [-0.2, 0) is 0 Å². The molecule has 0 spiro atoms. The first kappa shape index (κ1) is 12.9. The average Bonchev–Trinajstić information content (AvgIpc) is 2.40. The first-order valence-electron chi connectivity index (χ1n) is 6.44. The lowest BCUT2D eigenvalue weighted by atomic mass is 9.85. The molecule has 0 aliphatic heterocycles. The summed E-state index contributed by atoms with van der Waals surface area (Å²) in [5.74, 6) is 0.688. The van der Waals surface area contributed by atoms with E-state index in [1.807, 2.05) is 18.2 Å². The van der Waals surface area contributed by atoms with Crippen molar-refractivity contribution in [3.63, 3.8) is 0 Å². The molecule has 2 N–H and O–H groups in total. The highest BCUT2D eigenvalue weighted by atomic mass is 16.6. The second-order valence-corrected chi connectivity index (χ2v) is 4.68. The third-order valence-electron chi connectivity index (χ3n) is 3.40. The summed E-state index contributed by atoms with van der Waals surface area (Å²) in [4.78, 5) is 11.7. The number of benzene rings is 1. The zero-order valence-electron chi connectivity index (χ0n) is 10.3. The summed E-state index contributed by atoms with van der Waals surface area (Å²) in [5, 5.41) is 12.1. The van der Waals surface area contributed by atoms with E-state index in [2.05, 4.69) is 5.32 Å². The van der Waals surface area contributed by atoms with Gasteiger partial charge in [-0.2, -0.15) is 0 Å². The molecule has 0 aromatic heterocycles. The molecular formula is C14H19NO3. The summed E-state index contributed by atoms with van der Waals surface area (Å²) in [5.41, 5.74) is 0. The Bertz CT molecular complexity index is 380. The van der Waals surface area contributed by atoms with Gasteiger partial charge in [-0.3, -0.25) is 0 Å². The van der Waals surface area contributed by atoms with E-state index < -0.39 is 6.09 Å². The summed E-state index contributed by atoms with van der Waals surface area (Å²) < 4.78 is 5.18. The van der Waals surface area contributed by atoms with Crippen LogP contribution in [0.1, 0.15) is 25.7 Å². The molecule has 1 fully saturated rings. The van der Waals surface area contributed by atoms with Gasteiger partial charge in [0.1, 0.15) is 5.75 Å². The van der Waals surface area contributed by atoms with Crippen LogP contribution in [-0.4, -0.2) is 23.8 Å². The van der Waals surface area contributed by atoms with Crippen molar-refractivity contribution in [2.45, 2.75) is 31.7 Å². The lowest BCUT2D eigenvalue weighted by Crippen LogP contribution is -2.44. The quantitative estimate of drug-likeness (QED) is 0.864. The Morgan fingerprint density at radius 3 is 2.72 bits per heavy atom. The van der Waals surface area contributed by atoms with Gasteiger partial charge >= 0.3 is 6.09 Å². The molecule has 0 radical (unpaired) electrons. The maximum atomic E-state index is 11.7. The van der Waals surface area contributed by atoms with Gasteiger partial charge in [-0.25, -0.2) is 4.79 Å². The number of nitrogens with one attached hydrogen (secondary N) is 1. The Labute approximate surface area is 107 Å². The fourth-order valence-electron chi connectivity index (χ4n) is 2.39. The van der Waals surface area contributed by atoms with Gasteiger partial charge in [-0.05, 0) is 25.0 Å². The van der Waals surface area contributed by atoms with Crippen LogP contribution >= 0.6 is 0 Å². The van der Waals surface area contributed by atoms with Crippen molar-refractivity contribution in [1.82, 2.24) is 5.32 Å². The monoisotopic (exact) mass is 249 g/mol. The number of ether oxygens (including phenoxy) is 1. The highest BCUT2D eigenvalue weighted by molar-refractivity contribution is 5.70. The molecule has 4 nitrogen and oxygen atoms in total. The molecule has 0 heterocycles. The van der Waals surface area contributed by atoms with Crippen molar-refractivity contribution in [3.05, 3.63) is 30.3 Å². The molecule has 0 saturated heterocycles. The van der Waals surface area contributed by atoms with Crippen LogP contribution in [0.15, 0.2) is 30.3 Å². The molecule has 4 heteroatoms. The van der Waals surface area contributed by atoms with Crippen molar-refractivity contribution >= 4 is 6.09 Å². The van der Waals surface area contributed by atoms with Crippen LogP contribution in [0, 0.1) is 5.92 Å². The average molecular weight is 249 g/mol. The minimum absolute atomic E-state index is 0.0277. The molecule has 2 atom stereocenters. The standard InChI is InChI=1S/C14H19NO3/c16-10-11-6-4-5-9-13(11)15-14(17)18-12-7-2-1-3-8-12/h1-3,7-8,11,13,16H,4-6,9-10H2,(H,15,17). The number of hydrogen-bond acceptors (Lipinski definition) is 3. The van der Waals surface area contributed by atoms with E-state index >= 15 is 0 Å². The highest BCUT2D eigenvalue weighted by Crippen LogP contribution is 2.24. The lowest BCUT2D eigenvalue weighted by molar-refractivity contribution is 0.143. The van der Waals surface area contributed by atoms with E-state index in [1.165, 1.54) is 0 Å². The smallest absolute Gasteiger partial charge is 0.410 e. The van der Waals surface area contributed by atoms with Crippen LogP contribution in [0.2, 0.25) is 0 Å². The number of amides is 1. The van der Waals surface area contributed by atoms with Gasteiger partial charge in [-0.15, -0.1) is 0 Å². The normalized spacial score (nSPS) is 23.4. The van der Waals surface area contributed by atoms with E-state index in [4.69, 9.17) is 4.74 Å². The van der Waals surface area contributed by atoms with E-state index in [-0.39, 0.29) is 18.6 Å². The zero-order valence-corrected chi connectivity index (χ0v) is 10.3. The van der Waals surface area contributed by atoms with E-state index in [1.54, 1.807) is 12.1 Å². The van der Waals surface area contributed by atoms with Gasteiger partial charge < -0.3 is 15.2 Å². The molecule has 2 rings (SSSR count). The van der Waals surface area contributed by atoms with Gasteiger partial charge in [0, 0.05) is 18.6 Å². The first-order valence-corrected chi connectivity index (χ1v) is 6.44. The fourth-order valence-corrected chi connectivity index (χ4v) is 2.39. The van der Waals surface area contributed by atoms with E-state index in [0.29, 0.717) is 5.75 Å². The second-order valence-electron chi connectivity index (χ2n) is 4.68. The molecule has 2 unspecified atom stereocenters. The third kappa shape index (κ3) is 3.47. The van der Waals surface area contributed by atoms with Crippen molar-refractivity contribution in [2.24, 2.45) is 5.92 Å². The molecule has 1 saturated carbocycles. The molecule has 1 amide bonds. The van der Waals surface area contributed by atoms with Gasteiger partial charge in [-0.1, -0.05) is 31.0 Å². The second kappa shape index (κ2) is 6.40. The van der Waals surface area contributed by atoms with Crippen molar-refractivity contribution in [2.75, 3.05) is 6.61 Å². The summed E-state index contributed by atoms with van der Waals surface area (Å²) >= 11 is 0. The Kier molecular flexibility index (Phi) is 4.59. The number of para-hydroxylation sites is 1. The summed E-state index contributed by atoms with van der Waals surface area (Å²) in [6.45, 7) is 0.121. The Balaban J connectivity index is 1.86. The molecule has 1 aliphatic rings. The number of hydrogen-bond donors (Lipinski definition) is 2. The summed E-state index contributed by atoms with van der Waals surface area (Å²) in [6, 6.07) is 9.01. The molecule has 1 aromatic carbocycles. The summed E-state index contributed by atoms with van der Waals surface area (Å²) in [6.07, 6.45) is 3.65. The molecule has 1 aliphatic carbocycles. The van der Waals surface area contributed by atoms with Crippen LogP contribution in [0.3, 0.4) is 0 Å². The largest absolute Gasteiger partial charge is 0.412 e.